The van der Waals surface area contributed by atoms with Crippen molar-refractivity contribution in [2.75, 3.05) is 0 Å². The van der Waals surface area contributed by atoms with E-state index in [0.29, 0.717) is 16.7 Å². The highest BCUT2D eigenvalue weighted by Crippen LogP contribution is 2.45. The van der Waals surface area contributed by atoms with Crippen LogP contribution in [-0.2, 0) is 19.8 Å². The molecule has 35 heavy (non-hydrogen) atoms. The molecule has 0 saturated heterocycles. The van der Waals surface area contributed by atoms with E-state index in [0.717, 1.165) is 70.0 Å². The van der Waals surface area contributed by atoms with Crippen LogP contribution in [0, 0.1) is 18.8 Å². The number of hydrogen-bond donors (Lipinski definition) is 0. The number of para-hydroxylation sites is 1. The minimum atomic E-state index is -1.78. The Balaban J connectivity index is 1.49. The minimum Gasteiger partial charge on any atom is -0.454 e. The number of benzene rings is 3. The Morgan fingerprint density at radius 1 is 0.800 bits per heavy atom. The number of hydrogen-bond acceptors (Lipinski definition) is 1. The van der Waals surface area contributed by atoms with Gasteiger partial charge < -0.3 is 4.42 Å². The Bertz CT molecular complexity index is 1760. The van der Waals surface area contributed by atoms with Gasteiger partial charge in [0.1, 0.15) is 18.2 Å². The molecule has 1 saturated carbocycles. The molecule has 0 spiro atoms. The Kier molecular flexibility index (Phi) is 3.95. The summed E-state index contributed by atoms with van der Waals surface area (Å²) in [5.74, 6) is -0.639. The molecule has 0 amide bonds. The lowest BCUT2D eigenvalue weighted by molar-refractivity contribution is -0.660. The van der Waals surface area contributed by atoms with Crippen molar-refractivity contribution in [3.63, 3.8) is 0 Å². The first kappa shape index (κ1) is 17.1. The van der Waals surface area contributed by atoms with Gasteiger partial charge >= 0.3 is 0 Å². The number of fused-ring (bicyclic) bond motifs is 4. The van der Waals surface area contributed by atoms with Gasteiger partial charge in [-0.25, -0.2) is 4.57 Å². The summed E-state index contributed by atoms with van der Waals surface area (Å²) in [4.78, 5) is 0. The van der Waals surface area contributed by atoms with Gasteiger partial charge in [-0.2, -0.15) is 0 Å². The normalized spacial score (nSPS) is 22.6. The largest absolute Gasteiger partial charge is 0.454 e. The summed E-state index contributed by atoms with van der Waals surface area (Å²) in [7, 11) is 2.03. The van der Waals surface area contributed by atoms with Crippen LogP contribution >= 0.6 is 0 Å². The maximum atomic E-state index is 9.34. The topological polar surface area (TPSA) is 17.0 Å². The van der Waals surface area contributed by atoms with Gasteiger partial charge in [-0.05, 0) is 59.8 Å². The standard InChI is InChI=1S/C33H32NO/c1-21-16-17-28-27-14-8-13-26(32(27)35-33(28)31(21)30-15-5-6-18-34(30)2)25-12-7-11-23-19-24(20-29(23)25)22-9-3-4-10-22/h5-8,11-18,22,24H,3-4,9-10,19-20H2,1-2H3/q+1/i19D2,20D2. The summed E-state index contributed by atoms with van der Waals surface area (Å²) < 4.78 is 45.8. The molecular formula is C33H32NO+. The summed E-state index contributed by atoms with van der Waals surface area (Å²) in [6.07, 6.45) is 2.42. The monoisotopic (exact) mass is 462 g/mol. The average molecular weight is 463 g/mol. The maximum absolute atomic E-state index is 9.34. The van der Waals surface area contributed by atoms with E-state index >= 15 is 0 Å². The van der Waals surface area contributed by atoms with Gasteiger partial charge in [0.05, 0.1) is 5.56 Å². The predicted molar refractivity (Wildman–Crippen MR) is 143 cm³/mol. The molecular weight excluding hydrogens is 426 g/mol. The van der Waals surface area contributed by atoms with Crippen molar-refractivity contribution in [3.05, 3.63) is 89.6 Å². The van der Waals surface area contributed by atoms with Gasteiger partial charge in [0.25, 0.3) is 0 Å². The van der Waals surface area contributed by atoms with E-state index in [4.69, 9.17) is 7.16 Å². The lowest BCUT2D eigenvalue weighted by atomic mass is 9.88. The van der Waals surface area contributed by atoms with E-state index in [2.05, 4.69) is 35.8 Å². The molecule has 2 aromatic heterocycles. The predicted octanol–water partition coefficient (Wildman–Crippen LogP) is 7.96. The molecule has 2 aliphatic rings. The molecule has 1 atom stereocenters. The van der Waals surface area contributed by atoms with E-state index in [1.807, 2.05) is 49.6 Å². The van der Waals surface area contributed by atoms with E-state index in [1.165, 1.54) is 0 Å². The van der Waals surface area contributed by atoms with Crippen LogP contribution in [0.5, 0.6) is 0 Å². The zero-order chi connectivity index (χ0) is 27.1. The third-order valence-electron chi connectivity index (χ3n) is 8.02. The van der Waals surface area contributed by atoms with Crippen LogP contribution in [0.2, 0.25) is 0 Å². The second kappa shape index (κ2) is 8.09. The molecule has 7 rings (SSSR count). The summed E-state index contributed by atoms with van der Waals surface area (Å²) in [5.41, 5.74) is 7.28. The van der Waals surface area contributed by atoms with Crippen LogP contribution in [0.15, 0.2) is 77.3 Å². The molecule has 2 aliphatic carbocycles. The van der Waals surface area contributed by atoms with Crippen LogP contribution in [0.4, 0.5) is 0 Å². The number of rotatable bonds is 3. The fourth-order valence-electron chi connectivity index (χ4n) is 6.21. The van der Waals surface area contributed by atoms with Crippen molar-refractivity contribution in [2.24, 2.45) is 18.9 Å². The third-order valence-corrected chi connectivity index (χ3v) is 8.02. The third kappa shape index (κ3) is 3.26. The van der Waals surface area contributed by atoms with Crippen molar-refractivity contribution in [1.29, 1.82) is 0 Å². The smallest absolute Gasteiger partial charge is 0.216 e. The van der Waals surface area contributed by atoms with Gasteiger partial charge in [0.15, 0.2) is 6.20 Å². The summed E-state index contributed by atoms with van der Waals surface area (Å²) in [5, 5.41) is 2.00. The van der Waals surface area contributed by atoms with Crippen molar-refractivity contribution < 1.29 is 14.5 Å². The van der Waals surface area contributed by atoms with Crippen LogP contribution in [0.1, 0.15) is 47.9 Å². The van der Waals surface area contributed by atoms with Crippen molar-refractivity contribution in [3.8, 4) is 22.4 Å². The lowest BCUT2D eigenvalue weighted by Gasteiger charge is -2.17. The number of pyridine rings is 1. The van der Waals surface area contributed by atoms with Crippen LogP contribution in [-0.4, -0.2) is 0 Å². The summed E-state index contributed by atoms with van der Waals surface area (Å²) in [6.45, 7) is 2.10. The fourth-order valence-corrected chi connectivity index (χ4v) is 6.21. The zero-order valence-corrected chi connectivity index (χ0v) is 20.3. The van der Waals surface area contributed by atoms with Crippen molar-refractivity contribution >= 4 is 21.9 Å². The second-order valence-corrected chi connectivity index (χ2v) is 10.2. The van der Waals surface area contributed by atoms with Crippen LogP contribution < -0.4 is 4.57 Å². The molecule has 2 nitrogen and oxygen atoms in total. The Labute approximate surface area is 212 Å². The van der Waals surface area contributed by atoms with E-state index in [1.54, 1.807) is 6.07 Å². The molecule has 2 heterocycles. The maximum Gasteiger partial charge on any atom is 0.216 e. The Morgan fingerprint density at radius 2 is 1.60 bits per heavy atom. The molecule has 2 heteroatoms. The van der Waals surface area contributed by atoms with E-state index in [9.17, 15) is 2.74 Å². The summed E-state index contributed by atoms with van der Waals surface area (Å²) >= 11 is 0. The first-order valence-electron chi connectivity index (χ1n) is 14.8. The van der Waals surface area contributed by atoms with Gasteiger partial charge in [0.2, 0.25) is 5.69 Å². The van der Waals surface area contributed by atoms with Crippen LogP contribution in [0.25, 0.3) is 44.3 Å². The fraction of sp³-hybridized carbons (Fsp3) is 0.303. The number of nitrogens with zero attached hydrogens (tertiary/aromatic N) is 1. The van der Waals surface area contributed by atoms with Gasteiger partial charge in [0, 0.05) is 34.0 Å². The molecule has 0 N–H and O–H groups in total. The van der Waals surface area contributed by atoms with E-state index < -0.39 is 18.7 Å². The number of furan rings is 1. The van der Waals surface area contributed by atoms with Gasteiger partial charge in [-0.1, -0.05) is 74.2 Å². The van der Waals surface area contributed by atoms with Crippen molar-refractivity contribution in [1.82, 2.24) is 0 Å². The Morgan fingerprint density at radius 3 is 2.46 bits per heavy atom. The summed E-state index contributed by atoms with van der Waals surface area (Å²) in [6, 6.07) is 22.0. The second-order valence-electron chi connectivity index (χ2n) is 10.2. The molecule has 1 unspecified atom stereocenters. The first-order chi connectivity index (χ1) is 18.7. The van der Waals surface area contributed by atoms with Gasteiger partial charge in [-0.3, -0.25) is 0 Å². The zero-order valence-electron chi connectivity index (χ0n) is 24.3. The molecule has 1 fully saturated rings. The van der Waals surface area contributed by atoms with Gasteiger partial charge in [-0.15, -0.1) is 0 Å². The van der Waals surface area contributed by atoms with Crippen molar-refractivity contribution in [2.45, 2.75) is 45.4 Å². The lowest BCUT2D eigenvalue weighted by Crippen LogP contribution is -2.30. The highest BCUT2D eigenvalue weighted by Gasteiger charge is 2.32. The SMILES string of the molecule is [2H]C1([2H])c2cccc(-c3cccc4c3oc3c(-c5cccc[n+]5C)c(C)ccc34)c2C([2H])([2H])C1C1CCCC1. The molecule has 3 aromatic carbocycles. The minimum absolute atomic E-state index is 0.0504. The molecule has 0 aliphatic heterocycles. The molecule has 5 aromatic rings. The number of aromatic nitrogens is 1. The molecule has 0 bridgehead atoms. The average Bonchev–Trinajstić information content (AvgIpc) is 3.59. The Hall–Kier alpha value is -3.39. The first-order valence-corrected chi connectivity index (χ1v) is 12.8. The molecule has 174 valence electrons. The highest BCUT2D eigenvalue weighted by atomic mass is 16.3. The van der Waals surface area contributed by atoms with Crippen LogP contribution in [0.3, 0.4) is 0 Å². The number of aryl methyl sites for hydroxylation is 2. The quantitative estimate of drug-likeness (QED) is 0.249. The highest BCUT2D eigenvalue weighted by molar-refractivity contribution is 6.13. The van der Waals surface area contributed by atoms with E-state index in [-0.39, 0.29) is 5.92 Å². The molecule has 0 radical (unpaired) electrons.